The van der Waals surface area contributed by atoms with Gasteiger partial charge in [0.05, 0.1) is 0 Å². The molecule has 0 radical (unpaired) electrons. The number of amides is 1. The van der Waals surface area contributed by atoms with Gasteiger partial charge in [0.1, 0.15) is 0 Å². The van der Waals surface area contributed by atoms with Gasteiger partial charge in [-0.25, -0.2) is 0 Å². The van der Waals surface area contributed by atoms with E-state index in [1.54, 1.807) is 0 Å². The van der Waals surface area contributed by atoms with Gasteiger partial charge in [0.15, 0.2) is 0 Å². The molecule has 3 nitrogen and oxygen atoms in total. The lowest BCUT2D eigenvalue weighted by atomic mass is 10.0. The van der Waals surface area contributed by atoms with Gasteiger partial charge in [-0.3, -0.25) is 4.79 Å². The zero-order valence-electron chi connectivity index (χ0n) is 9.08. The zero-order chi connectivity index (χ0) is 11.4. The van der Waals surface area contributed by atoms with Crippen LogP contribution in [-0.2, 0) is 6.54 Å². The average molecular weight is 222 g/mol. The molecule has 1 aromatic heterocycles. The van der Waals surface area contributed by atoms with Crippen LogP contribution in [0, 0.1) is 0 Å². The first kappa shape index (κ1) is 8.82. The molecule has 3 heteroatoms. The van der Waals surface area contributed by atoms with E-state index in [1.165, 1.54) is 10.8 Å². The molecule has 0 bridgehead atoms. The van der Waals surface area contributed by atoms with Crippen LogP contribution in [0.3, 0.4) is 0 Å². The molecule has 1 amide bonds. The van der Waals surface area contributed by atoms with Crippen molar-refractivity contribution in [1.82, 2.24) is 10.3 Å². The number of benzene rings is 2. The number of carbonyl (C=O) groups is 1. The largest absolute Gasteiger partial charge is 0.355 e. The van der Waals surface area contributed by atoms with Crippen molar-refractivity contribution in [2.45, 2.75) is 6.54 Å². The van der Waals surface area contributed by atoms with Gasteiger partial charge in [-0.2, -0.15) is 0 Å². The van der Waals surface area contributed by atoms with Crippen molar-refractivity contribution in [2.75, 3.05) is 0 Å². The molecule has 4 rings (SSSR count). The molecule has 0 saturated carbocycles. The van der Waals surface area contributed by atoms with Crippen LogP contribution in [0.5, 0.6) is 0 Å². The first-order valence-corrected chi connectivity index (χ1v) is 5.65. The zero-order valence-corrected chi connectivity index (χ0v) is 9.08. The van der Waals surface area contributed by atoms with E-state index >= 15 is 0 Å². The number of para-hydroxylation sites is 1. The van der Waals surface area contributed by atoms with Crippen LogP contribution in [0.25, 0.3) is 21.8 Å². The fourth-order valence-electron chi connectivity index (χ4n) is 2.68. The van der Waals surface area contributed by atoms with Crippen LogP contribution >= 0.6 is 0 Å². The molecular formula is C14H10N2O. The molecule has 2 heterocycles. The predicted molar refractivity (Wildman–Crippen MR) is 67.0 cm³/mol. The highest BCUT2D eigenvalue weighted by Gasteiger charge is 2.22. The number of fused-ring (bicyclic) bond motifs is 5. The minimum atomic E-state index is 0.0344. The Balaban J connectivity index is 2.26. The smallest absolute Gasteiger partial charge is 0.251 e. The molecule has 0 unspecified atom stereocenters. The number of hydrogen-bond acceptors (Lipinski definition) is 1. The van der Waals surface area contributed by atoms with Crippen molar-refractivity contribution in [3.8, 4) is 0 Å². The lowest BCUT2D eigenvalue weighted by molar-refractivity contribution is 0.0966. The van der Waals surface area contributed by atoms with Gasteiger partial charge < -0.3 is 10.3 Å². The highest BCUT2D eigenvalue weighted by molar-refractivity contribution is 6.13. The highest BCUT2D eigenvalue weighted by Crippen LogP contribution is 2.32. The van der Waals surface area contributed by atoms with Crippen molar-refractivity contribution < 1.29 is 4.79 Å². The predicted octanol–water partition coefficient (Wildman–Crippen LogP) is 2.56. The SMILES string of the molecule is O=C1NCc2c1ccc1[nH]c3ccccc3c21. The van der Waals surface area contributed by atoms with Crippen molar-refractivity contribution in [1.29, 1.82) is 0 Å². The standard InChI is InChI=1S/C14H10N2O/c17-14-8-5-6-12-13(10(8)7-15-14)9-3-1-2-4-11(9)16-12/h1-6,16H,7H2,(H,15,17). The van der Waals surface area contributed by atoms with Crippen molar-refractivity contribution >= 4 is 27.7 Å². The second-order valence-corrected chi connectivity index (χ2v) is 4.37. The summed E-state index contributed by atoms with van der Waals surface area (Å²) in [6.45, 7) is 0.632. The van der Waals surface area contributed by atoms with Crippen molar-refractivity contribution in [3.63, 3.8) is 0 Å². The topological polar surface area (TPSA) is 44.9 Å². The van der Waals surface area contributed by atoms with Crippen LogP contribution < -0.4 is 5.32 Å². The molecule has 82 valence electrons. The minimum Gasteiger partial charge on any atom is -0.355 e. The first-order valence-electron chi connectivity index (χ1n) is 5.65. The summed E-state index contributed by atoms with van der Waals surface area (Å²) in [5.74, 6) is 0.0344. The fourth-order valence-corrected chi connectivity index (χ4v) is 2.68. The Bertz CT molecular complexity index is 770. The molecule has 0 aliphatic carbocycles. The molecule has 2 N–H and O–H groups in total. The monoisotopic (exact) mass is 222 g/mol. The van der Waals surface area contributed by atoms with Gasteiger partial charge >= 0.3 is 0 Å². The van der Waals surface area contributed by atoms with Gasteiger partial charge in [0.2, 0.25) is 0 Å². The van der Waals surface area contributed by atoms with E-state index < -0.39 is 0 Å². The minimum absolute atomic E-state index is 0.0344. The van der Waals surface area contributed by atoms with E-state index in [9.17, 15) is 4.79 Å². The molecule has 0 saturated heterocycles. The maximum atomic E-state index is 11.6. The maximum Gasteiger partial charge on any atom is 0.251 e. The summed E-state index contributed by atoms with van der Waals surface area (Å²) in [7, 11) is 0. The second kappa shape index (κ2) is 2.88. The first-order chi connectivity index (χ1) is 8.34. The van der Waals surface area contributed by atoms with Crippen LogP contribution in [0.4, 0.5) is 0 Å². The van der Waals surface area contributed by atoms with Crippen LogP contribution in [0.1, 0.15) is 15.9 Å². The van der Waals surface area contributed by atoms with E-state index in [0.717, 1.165) is 22.2 Å². The van der Waals surface area contributed by atoms with E-state index in [2.05, 4.69) is 22.4 Å². The Morgan fingerprint density at radius 2 is 1.88 bits per heavy atom. The van der Waals surface area contributed by atoms with Gasteiger partial charge in [-0.05, 0) is 23.8 Å². The fraction of sp³-hybridized carbons (Fsp3) is 0.0714. The van der Waals surface area contributed by atoms with E-state index in [1.807, 2.05) is 24.3 Å². The van der Waals surface area contributed by atoms with Crippen LogP contribution in [-0.4, -0.2) is 10.9 Å². The van der Waals surface area contributed by atoms with E-state index in [4.69, 9.17) is 0 Å². The molecule has 0 spiro atoms. The highest BCUT2D eigenvalue weighted by atomic mass is 16.1. The molecule has 2 aromatic carbocycles. The van der Waals surface area contributed by atoms with Gasteiger partial charge in [0, 0.05) is 33.9 Å². The van der Waals surface area contributed by atoms with Gasteiger partial charge in [-0.15, -0.1) is 0 Å². The lowest BCUT2D eigenvalue weighted by Crippen LogP contribution is -2.12. The Hall–Kier alpha value is -2.29. The van der Waals surface area contributed by atoms with Crippen LogP contribution in [0.15, 0.2) is 36.4 Å². The van der Waals surface area contributed by atoms with Crippen LogP contribution in [0.2, 0.25) is 0 Å². The third-order valence-electron chi connectivity index (χ3n) is 3.45. The summed E-state index contributed by atoms with van der Waals surface area (Å²) in [6, 6.07) is 12.1. The number of nitrogens with one attached hydrogen (secondary N) is 2. The Morgan fingerprint density at radius 1 is 1.00 bits per heavy atom. The van der Waals surface area contributed by atoms with Gasteiger partial charge in [-0.1, -0.05) is 18.2 Å². The summed E-state index contributed by atoms with van der Waals surface area (Å²) in [4.78, 5) is 15.0. The number of H-pyrrole nitrogens is 1. The Morgan fingerprint density at radius 3 is 2.82 bits per heavy atom. The third kappa shape index (κ3) is 1.03. The molecule has 0 atom stereocenters. The van der Waals surface area contributed by atoms with Crippen molar-refractivity contribution in [2.24, 2.45) is 0 Å². The summed E-state index contributed by atoms with van der Waals surface area (Å²) >= 11 is 0. The lowest BCUT2D eigenvalue weighted by Gasteiger charge is -1.98. The number of carbonyl (C=O) groups excluding carboxylic acids is 1. The summed E-state index contributed by atoms with van der Waals surface area (Å²) in [5, 5.41) is 5.25. The number of aromatic amines is 1. The Kier molecular flexibility index (Phi) is 1.50. The average Bonchev–Trinajstić information content (AvgIpc) is 2.90. The summed E-state index contributed by atoms with van der Waals surface area (Å²) < 4.78 is 0. The molecular weight excluding hydrogens is 212 g/mol. The maximum absolute atomic E-state index is 11.6. The Labute approximate surface area is 97.4 Å². The molecule has 17 heavy (non-hydrogen) atoms. The van der Waals surface area contributed by atoms with Gasteiger partial charge in [0.25, 0.3) is 5.91 Å². The molecule has 1 aliphatic rings. The quantitative estimate of drug-likeness (QED) is 0.603. The summed E-state index contributed by atoms with van der Waals surface area (Å²) in [6.07, 6.45) is 0. The van der Waals surface area contributed by atoms with Crippen molar-refractivity contribution in [3.05, 3.63) is 47.5 Å². The number of aromatic nitrogens is 1. The third-order valence-corrected chi connectivity index (χ3v) is 3.45. The van der Waals surface area contributed by atoms with E-state index in [0.29, 0.717) is 6.54 Å². The second-order valence-electron chi connectivity index (χ2n) is 4.37. The molecule has 0 fully saturated rings. The number of rotatable bonds is 0. The normalized spacial score (nSPS) is 14.2. The molecule has 1 aliphatic heterocycles. The number of hydrogen-bond donors (Lipinski definition) is 2. The molecule has 3 aromatic rings. The van der Waals surface area contributed by atoms with E-state index in [-0.39, 0.29) is 5.91 Å². The summed E-state index contributed by atoms with van der Waals surface area (Å²) in [5.41, 5.74) is 4.14.